The monoisotopic (exact) mass is 510 g/mol. The third-order valence-corrected chi connectivity index (χ3v) is 5.64. The van der Waals surface area contributed by atoms with Crippen molar-refractivity contribution < 1.29 is 42.7 Å². The SMILES string of the molecule is COC[C@H](CC(=O)[C@H](COC)NC(=O)c1cc(C(N)=O)on1)C(=O)N[C@@H](CC(C)C)C(=O)[C@@]1(C)CO1. The standard InChI is InChI=1S/C23H34N4O9/c1-12(2)6-14(19(29)23(3)11-35-23)25-21(31)13(9-33-4)7-17(28)16(10-34-5)26-22(32)15-8-18(20(24)30)36-27-15/h8,12-14,16H,6-7,9-11H2,1-5H3,(H2,24,30)(H,25,31)(H,26,32)/t13-,14-,16-,23+/m0/s1. The highest BCUT2D eigenvalue weighted by molar-refractivity contribution is 6.00. The third kappa shape index (κ3) is 7.93. The molecule has 1 saturated heterocycles. The number of carbonyl (C=O) groups excluding carboxylic acids is 5. The van der Waals surface area contributed by atoms with Crippen molar-refractivity contribution in [1.29, 1.82) is 0 Å². The Kier molecular flexibility index (Phi) is 10.3. The lowest BCUT2D eigenvalue weighted by molar-refractivity contribution is -0.135. The molecule has 0 aromatic carbocycles. The number of primary amides is 1. The highest BCUT2D eigenvalue weighted by Gasteiger charge is 2.50. The lowest BCUT2D eigenvalue weighted by atomic mass is 9.92. The average Bonchev–Trinajstić information content (AvgIpc) is 3.35. The van der Waals surface area contributed by atoms with Crippen molar-refractivity contribution in [3.05, 3.63) is 17.5 Å². The molecule has 2 rings (SSSR count). The number of epoxide rings is 1. The number of nitrogens with two attached hydrogens (primary N) is 1. The van der Waals surface area contributed by atoms with E-state index in [9.17, 15) is 24.0 Å². The molecule has 0 bridgehead atoms. The van der Waals surface area contributed by atoms with Crippen molar-refractivity contribution in [1.82, 2.24) is 15.8 Å². The predicted molar refractivity (Wildman–Crippen MR) is 124 cm³/mol. The van der Waals surface area contributed by atoms with E-state index in [1.54, 1.807) is 6.92 Å². The first-order chi connectivity index (χ1) is 16.9. The Bertz CT molecular complexity index is 971. The molecular formula is C23H34N4O9. The Balaban J connectivity index is 2.10. The molecule has 13 nitrogen and oxygen atoms in total. The van der Waals surface area contributed by atoms with Crippen LogP contribution in [0.5, 0.6) is 0 Å². The second-order valence-electron chi connectivity index (χ2n) is 9.32. The number of rotatable bonds is 16. The minimum absolute atomic E-state index is 0.0904. The molecule has 1 aromatic rings. The highest BCUT2D eigenvalue weighted by Crippen LogP contribution is 2.29. The molecule has 1 aromatic heterocycles. The van der Waals surface area contributed by atoms with Crippen LogP contribution in [0, 0.1) is 11.8 Å². The summed E-state index contributed by atoms with van der Waals surface area (Å²) in [5, 5.41) is 8.66. The number of methoxy groups -OCH3 is 2. The fourth-order valence-corrected chi connectivity index (χ4v) is 3.54. The van der Waals surface area contributed by atoms with Crippen LogP contribution in [0.3, 0.4) is 0 Å². The van der Waals surface area contributed by atoms with Crippen molar-refractivity contribution >= 4 is 29.3 Å². The van der Waals surface area contributed by atoms with Gasteiger partial charge in [0.25, 0.3) is 11.8 Å². The van der Waals surface area contributed by atoms with E-state index in [1.165, 1.54) is 14.2 Å². The van der Waals surface area contributed by atoms with Gasteiger partial charge in [-0.1, -0.05) is 19.0 Å². The number of hydrogen-bond donors (Lipinski definition) is 3. The van der Waals surface area contributed by atoms with Crippen LogP contribution in [0.25, 0.3) is 0 Å². The van der Waals surface area contributed by atoms with Crippen LogP contribution in [0.4, 0.5) is 0 Å². The van der Waals surface area contributed by atoms with E-state index in [0.29, 0.717) is 13.0 Å². The Labute approximate surface area is 208 Å². The normalized spacial score (nSPS) is 19.3. The van der Waals surface area contributed by atoms with Crippen molar-refractivity contribution in [2.45, 2.75) is 51.3 Å². The summed E-state index contributed by atoms with van der Waals surface area (Å²) in [5.74, 6) is -4.09. The number of amides is 3. The molecule has 1 fully saturated rings. The molecule has 36 heavy (non-hydrogen) atoms. The molecule has 4 atom stereocenters. The number of carbonyl (C=O) groups is 5. The van der Waals surface area contributed by atoms with Gasteiger partial charge in [0, 0.05) is 26.7 Å². The molecule has 0 radical (unpaired) electrons. The second kappa shape index (κ2) is 12.7. The lowest BCUT2D eigenvalue weighted by Gasteiger charge is -2.25. The highest BCUT2D eigenvalue weighted by atomic mass is 16.6. The van der Waals surface area contributed by atoms with Crippen molar-refractivity contribution in [2.75, 3.05) is 34.0 Å². The molecule has 1 aliphatic rings. The summed E-state index contributed by atoms with van der Waals surface area (Å²) < 4.78 is 20.1. The quantitative estimate of drug-likeness (QED) is 0.247. The van der Waals surface area contributed by atoms with E-state index in [0.717, 1.165) is 6.07 Å². The number of aromatic nitrogens is 1. The van der Waals surface area contributed by atoms with Crippen molar-refractivity contribution in [3.8, 4) is 0 Å². The van der Waals surface area contributed by atoms with Crippen LogP contribution < -0.4 is 16.4 Å². The summed E-state index contributed by atoms with van der Waals surface area (Å²) in [6.45, 7) is 5.55. The topological polar surface area (TPSA) is 192 Å². The summed E-state index contributed by atoms with van der Waals surface area (Å²) in [7, 11) is 2.73. The zero-order valence-corrected chi connectivity index (χ0v) is 21.1. The van der Waals surface area contributed by atoms with Gasteiger partial charge in [-0.05, 0) is 19.3 Å². The van der Waals surface area contributed by atoms with Crippen LogP contribution in [-0.4, -0.2) is 86.2 Å². The van der Waals surface area contributed by atoms with Gasteiger partial charge in [-0.3, -0.25) is 24.0 Å². The zero-order chi connectivity index (χ0) is 27.0. The first-order valence-electron chi connectivity index (χ1n) is 11.5. The summed E-state index contributed by atoms with van der Waals surface area (Å²) in [5.41, 5.74) is 3.92. The van der Waals surface area contributed by atoms with Gasteiger partial charge in [-0.15, -0.1) is 0 Å². The number of Topliss-reactive ketones (excluding diaryl/α,β-unsaturated/α-hetero) is 2. The Morgan fingerprint density at radius 3 is 2.25 bits per heavy atom. The largest absolute Gasteiger partial charge is 0.384 e. The molecule has 0 aliphatic carbocycles. The van der Waals surface area contributed by atoms with Gasteiger partial charge in [-0.2, -0.15) is 0 Å². The minimum atomic E-state index is -1.13. The fourth-order valence-electron chi connectivity index (χ4n) is 3.54. The zero-order valence-electron chi connectivity index (χ0n) is 21.1. The number of nitrogens with one attached hydrogen (secondary N) is 2. The molecule has 0 unspecified atom stereocenters. The number of hydrogen-bond acceptors (Lipinski definition) is 10. The smallest absolute Gasteiger partial charge is 0.287 e. The van der Waals surface area contributed by atoms with E-state index < -0.39 is 47.1 Å². The van der Waals surface area contributed by atoms with E-state index in [-0.39, 0.29) is 42.8 Å². The summed E-state index contributed by atoms with van der Waals surface area (Å²) in [6, 6.07) is -0.862. The molecule has 0 spiro atoms. The second-order valence-corrected chi connectivity index (χ2v) is 9.32. The van der Waals surface area contributed by atoms with E-state index >= 15 is 0 Å². The summed E-state index contributed by atoms with van der Waals surface area (Å²) in [6.07, 6.45) is 0.111. The molecule has 2 heterocycles. The Morgan fingerprint density at radius 1 is 1.11 bits per heavy atom. The van der Waals surface area contributed by atoms with Crippen LogP contribution >= 0.6 is 0 Å². The molecule has 200 valence electrons. The van der Waals surface area contributed by atoms with Crippen LogP contribution in [0.15, 0.2) is 10.6 Å². The van der Waals surface area contributed by atoms with Gasteiger partial charge in [0.05, 0.1) is 31.8 Å². The van der Waals surface area contributed by atoms with E-state index in [1.807, 2.05) is 13.8 Å². The maximum absolute atomic E-state index is 13.1. The van der Waals surface area contributed by atoms with Crippen LogP contribution in [0.2, 0.25) is 0 Å². The van der Waals surface area contributed by atoms with Crippen molar-refractivity contribution in [3.63, 3.8) is 0 Å². The Morgan fingerprint density at radius 2 is 1.75 bits per heavy atom. The molecule has 3 amide bonds. The van der Waals surface area contributed by atoms with Gasteiger partial charge >= 0.3 is 0 Å². The Hall–Kier alpha value is -3.16. The number of ketones is 2. The van der Waals surface area contributed by atoms with Gasteiger partial charge < -0.3 is 35.1 Å². The van der Waals surface area contributed by atoms with Crippen LogP contribution in [0.1, 0.15) is 54.7 Å². The summed E-state index contributed by atoms with van der Waals surface area (Å²) in [4.78, 5) is 62.6. The molecule has 1 aliphatic heterocycles. The number of ether oxygens (including phenoxy) is 3. The van der Waals surface area contributed by atoms with E-state index in [4.69, 9.17) is 19.9 Å². The first-order valence-corrected chi connectivity index (χ1v) is 11.5. The fraction of sp³-hybridized carbons (Fsp3) is 0.652. The average molecular weight is 511 g/mol. The molecule has 0 saturated carbocycles. The molecular weight excluding hydrogens is 476 g/mol. The van der Waals surface area contributed by atoms with Gasteiger partial charge in [0.15, 0.2) is 17.3 Å². The first kappa shape index (κ1) is 29.1. The number of nitrogens with zero attached hydrogens (tertiary/aromatic N) is 1. The van der Waals surface area contributed by atoms with Crippen molar-refractivity contribution in [2.24, 2.45) is 17.6 Å². The third-order valence-electron chi connectivity index (χ3n) is 5.64. The molecule has 4 N–H and O–H groups in total. The van der Waals surface area contributed by atoms with E-state index in [2.05, 4.69) is 20.3 Å². The summed E-state index contributed by atoms with van der Waals surface area (Å²) >= 11 is 0. The van der Waals surface area contributed by atoms with Gasteiger partial charge in [0.2, 0.25) is 11.7 Å². The maximum Gasteiger partial charge on any atom is 0.287 e. The van der Waals surface area contributed by atoms with Gasteiger partial charge in [-0.25, -0.2) is 0 Å². The van der Waals surface area contributed by atoms with Crippen LogP contribution in [-0.2, 0) is 28.6 Å². The maximum atomic E-state index is 13.1. The minimum Gasteiger partial charge on any atom is -0.384 e. The van der Waals surface area contributed by atoms with Gasteiger partial charge in [0.1, 0.15) is 11.6 Å². The predicted octanol–water partition coefficient (Wildman–Crippen LogP) is -0.371. The molecule has 13 heteroatoms. The lowest BCUT2D eigenvalue weighted by Crippen LogP contribution is -2.50.